The summed E-state index contributed by atoms with van der Waals surface area (Å²) in [7, 11) is 0. The summed E-state index contributed by atoms with van der Waals surface area (Å²) >= 11 is 6.00. The molecule has 0 aliphatic rings. The number of amides is 1. The van der Waals surface area contributed by atoms with Gasteiger partial charge in [0.2, 0.25) is 5.91 Å². The summed E-state index contributed by atoms with van der Waals surface area (Å²) in [4.78, 5) is 23.0. The lowest BCUT2D eigenvalue weighted by atomic mass is 9.96. The smallest absolute Gasteiger partial charge is 0.323 e. The molecular formula is C15H21ClN2O3. The van der Waals surface area contributed by atoms with Gasteiger partial charge in [-0.15, -0.1) is 0 Å². The van der Waals surface area contributed by atoms with E-state index in [0.717, 1.165) is 12.0 Å². The standard InChI is InChI=1S/C15H21ClN2O3/c1-3-8-15(2,14(20)21)18-10-13(19)17-9-11-6-4-5-7-12(11)16/h4-7,18H,3,8-10H2,1-2H3,(H,17,19)(H,20,21). The van der Waals surface area contributed by atoms with Gasteiger partial charge in [0.25, 0.3) is 0 Å². The fourth-order valence-corrected chi connectivity index (χ4v) is 2.15. The summed E-state index contributed by atoms with van der Waals surface area (Å²) in [5.74, 6) is -1.22. The van der Waals surface area contributed by atoms with E-state index >= 15 is 0 Å². The Kier molecular flexibility index (Phi) is 6.65. The van der Waals surface area contributed by atoms with Crippen LogP contribution in [0.2, 0.25) is 5.02 Å². The van der Waals surface area contributed by atoms with Crippen LogP contribution in [0.5, 0.6) is 0 Å². The van der Waals surface area contributed by atoms with E-state index in [1.165, 1.54) is 0 Å². The third-order valence-corrected chi connectivity index (χ3v) is 3.66. The number of carboxylic acids is 1. The van der Waals surface area contributed by atoms with Gasteiger partial charge in [-0.3, -0.25) is 14.9 Å². The van der Waals surface area contributed by atoms with Crippen molar-refractivity contribution in [2.75, 3.05) is 6.54 Å². The summed E-state index contributed by atoms with van der Waals surface area (Å²) in [6.45, 7) is 3.76. The first-order chi connectivity index (χ1) is 9.89. The SMILES string of the molecule is CCCC(C)(NCC(=O)NCc1ccccc1Cl)C(=O)O. The number of carbonyl (C=O) groups excluding carboxylic acids is 1. The third-order valence-electron chi connectivity index (χ3n) is 3.29. The number of carboxylic acid groups (broad SMARTS) is 1. The molecule has 0 heterocycles. The molecule has 0 aromatic heterocycles. The molecule has 1 amide bonds. The molecule has 0 saturated heterocycles. The van der Waals surface area contributed by atoms with Crippen LogP contribution >= 0.6 is 11.6 Å². The molecule has 0 saturated carbocycles. The van der Waals surface area contributed by atoms with Crippen molar-refractivity contribution >= 4 is 23.5 Å². The van der Waals surface area contributed by atoms with Gasteiger partial charge < -0.3 is 10.4 Å². The molecular weight excluding hydrogens is 292 g/mol. The predicted molar refractivity (Wildman–Crippen MR) is 82.3 cm³/mol. The number of aliphatic carboxylic acids is 1. The summed E-state index contributed by atoms with van der Waals surface area (Å²) in [6, 6.07) is 7.24. The van der Waals surface area contributed by atoms with Crippen LogP contribution in [0.25, 0.3) is 0 Å². The summed E-state index contributed by atoms with van der Waals surface area (Å²) in [5.41, 5.74) is -0.265. The van der Waals surface area contributed by atoms with Gasteiger partial charge in [0.1, 0.15) is 5.54 Å². The highest BCUT2D eigenvalue weighted by atomic mass is 35.5. The monoisotopic (exact) mass is 312 g/mol. The minimum Gasteiger partial charge on any atom is -0.480 e. The van der Waals surface area contributed by atoms with Gasteiger partial charge in [0, 0.05) is 11.6 Å². The minimum atomic E-state index is -1.09. The number of carbonyl (C=O) groups is 2. The molecule has 0 aliphatic carbocycles. The predicted octanol–water partition coefficient (Wildman–Crippen LogP) is 2.19. The molecule has 0 bridgehead atoms. The molecule has 1 unspecified atom stereocenters. The highest BCUT2D eigenvalue weighted by Crippen LogP contribution is 2.14. The van der Waals surface area contributed by atoms with Crippen LogP contribution in [0.1, 0.15) is 32.3 Å². The quantitative estimate of drug-likeness (QED) is 0.687. The first-order valence-corrected chi connectivity index (χ1v) is 7.25. The summed E-state index contributed by atoms with van der Waals surface area (Å²) < 4.78 is 0. The van der Waals surface area contributed by atoms with E-state index in [4.69, 9.17) is 11.6 Å². The largest absolute Gasteiger partial charge is 0.480 e. The maximum atomic E-state index is 11.8. The van der Waals surface area contributed by atoms with Crippen LogP contribution in [0.3, 0.4) is 0 Å². The molecule has 21 heavy (non-hydrogen) atoms. The van der Waals surface area contributed by atoms with Crippen molar-refractivity contribution in [1.82, 2.24) is 10.6 Å². The second-order valence-electron chi connectivity index (χ2n) is 5.11. The first kappa shape index (κ1) is 17.5. The van der Waals surface area contributed by atoms with Gasteiger partial charge in [-0.05, 0) is 25.0 Å². The van der Waals surface area contributed by atoms with E-state index in [9.17, 15) is 14.7 Å². The zero-order valence-electron chi connectivity index (χ0n) is 12.3. The van der Waals surface area contributed by atoms with Crippen LogP contribution in [0.15, 0.2) is 24.3 Å². The first-order valence-electron chi connectivity index (χ1n) is 6.87. The van der Waals surface area contributed by atoms with Crippen LogP contribution in [0.4, 0.5) is 0 Å². The Bertz CT molecular complexity index is 507. The van der Waals surface area contributed by atoms with Crippen molar-refractivity contribution in [3.8, 4) is 0 Å². The molecule has 0 aliphatic heterocycles. The van der Waals surface area contributed by atoms with Gasteiger partial charge in [-0.25, -0.2) is 0 Å². The highest BCUT2D eigenvalue weighted by Gasteiger charge is 2.31. The second-order valence-corrected chi connectivity index (χ2v) is 5.52. The van der Waals surface area contributed by atoms with E-state index in [1.54, 1.807) is 13.0 Å². The lowest BCUT2D eigenvalue weighted by molar-refractivity contribution is -0.144. The Morgan fingerprint density at radius 2 is 2.00 bits per heavy atom. The number of nitrogens with one attached hydrogen (secondary N) is 2. The Hall–Kier alpha value is -1.59. The molecule has 0 radical (unpaired) electrons. The minimum absolute atomic E-state index is 0.0484. The van der Waals surface area contributed by atoms with Crippen LogP contribution < -0.4 is 10.6 Å². The van der Waals surface area contributed by atoms with Gasteiger partial charge >= 0.3 is 5.97 Å². The van der Waals surface area contributed by atoms with Crippen LogP contribution in [-0.4, -0.2) is 29.1 Å². The Morgan fingerprint density at radius 3 is 2.57 bits per heavy atom. The number of benzene rings is 1. The van der Waals surface area contributed by atoms with E-state index in [0.29, 0.717) is 18.0 Å². The number of hydrogen-bond acceptors (Lipinski definition) is 3. The van der Waals surface area contributed by atoms with E-state index < -0.39 is 11.5 Å². The fraction of sp³-hybridized carbons (Fsp3) is 0.467. The molecule has 0 fully saturated rings. The van der Waals surface area contributed by atoms with E-state index in [1.807, 2.05) is 25.1 Å². The average Bonchev–Trinajstić information content (AvgIpc) is 2.44. The molecule has 1 atom stereocenters. The number of halogens is 1. The zero-order chi connectivity index (χ0) is 15.9. The summed E-state index contributed by atoms with van der Waals surface area (Å²) in [5, 5.41) is 15.3. The van der Waals surface area contributed by atoms with Crippen molar-refractivity contribution in [2.24, 2.45) is 0 Å². The van der Waals surface area contributed by atoms with Crippen molar-refractivity contribution in [3.63, 3.8) is 0 Å². The second kappa shape index (κ2) is 8.00. The van der Waals surface area contributed by atoms with Crippen molar-refractivity contribution in [2.45, 2.75) is 38.8 Å². The zero-order valence-corrected chi connectivity index (χ0v) is 13.0. The maximum Gasteiger partial charge on any atom is 0.323 e. The maximum absolute atomic E-state index is 11.8. The Labute approximate surface area is 129 Å². The third kappa shape index (κ3) is 5.36. The molecule has 1 aromatic rings. The van der Waals surface area contributed by atoms with Gasteiger partial charge in [-0.2, -0.15) is 0 Å². The molecule has 6 heteroatoms. The molecule has 116 valence electrons. The Balaban J connectivity index is 2.47. The highest BCUT2D eigenvalue weighted by molar-refractivity contribution is 6.31. The average molecular weight is 313 g/mol. The van der Waals surface area contributed by atoms with E-state index in [2.05, 4.69) is 10.6 Å². The van der Waals surface area contributed by atoms with Gasteiger partial charge in [-0.1, -0.05) is 43.1 Å². The lowest BCUT2D eigenvalue weighted by Crippen LogP contribution is -2.52. The number of hydrogen-bond donors (Lipinski definition) is 3. The van der Waals surface area contributed by atoms with Crippen molar-refractivity contribution < 1.29 is 14.7 Å². The lowest BCUT2D eigenvalue weighted by Gasteiger charge is -2.25. The normalized spacial score (nSPS) is 13.5. The topological polar surface area (TPSA) is 78.4 Å². The summed E-state index contributed by atoms with van der Waals surface area (Å²) in [6.07, 6.45) is 1.18. The molecule has 5 nitrogen and oxygen atoms in total. The van der Waals surface area contributed by atoms with Crippen LogP contribution in [0, 0.1) is 0 Å². The fourth-order valence-electron chi connectivity index (χ4n) is 1.94. The molecule has 0 spiro atoms. The van der Waals surface area contributed by atoms with Crippen molar-refractivity contribution in [3.05, 3.63) is 34.9 Å². The van der Waals surface area contributed by atoms with Crippen LogP contribution in [-0.2, 0) is 16.1 Å². The van der Waals surface area contributed by atoms with E-state index in [-0.39, 0.29) is 12.5 Å². The Morgan fingerprint density at radius 1 is 1.33 bits per heavy atom. The van der Waals surface area contributed by atoms with Gasteiger partial charge in [0.05, 0.1) is 6.54 Å². The molecule has 1 rings (SSSR count). The van der Waals surface area contributed by atoms with Crippen molar-refractivity contribution in [1.29, 1.82) is 0 Å². The number of rotatable bonds is 8. The molecule has 1 aromatic carbocycles. The van der Waals surface area contributed by atoms with Gasteiger partial charge in [0.15, 0.2) is 0 Å². The molecule has 3 N–H and O–H groups in total.